The molecule has 1 aliphatic carbocycles. The first-order chi connectivity index (χ1) is 8.48. The highest BCUT2D eigenvalue weighted by molar-refractivity contribution is 6.32. The van der Waals surface area contributed by atoms with Crippen LogP contribution in [0.3, 0.4) is 0 Å². The molecule has 1 aromatic rings. The van der Waals surface area contributed by atoms with Gasteiger partial charge in [-0.25, -0.2) is 4.98 Å². The van der Waals surface area contributed by atoms with Gasteiger partial charge in [-0.15, -0.1) is 0 Å². The molecule has 1 fully saturated rings. The van der Waals surface area contributed by atoms with Crippen LogP contribution >= 0.6 is 23.2 Å². The van der Waals surface area contributed by atoms with Crippen molar-refractivity contribution in [3.8, 4) is 0 Å². The van der Waals surface area contributed by atoms with E-state index in [1.807, 2.05) is 0 Å². The Morgan fingerprint density at radius 2 is 2.00 bits per heavy atom. The zero-order valence-corrected chi connectivity index (χ0v) is 11.9. The predicted molar refractivity (Wildman–Crippen MR) is 71.0 cm³/mol. The maximum atomic E-state index is 12.2. The number of aromatic nitrogens is 1. The third kappa shape index (κ3) is 2.34. The zero-order valence-electron chi connectivity index (χ0n) is 10.4. The molecule has 0 unspecified atom stereocenters. The van der Waals surface area contributed by atoms with Crippen LogP contribution in [0.25, 0.3) is 0 Å². The lowest BCUT2D eigenvalue weighted by Crippen LogP contribution is -2.48. The lowest BCUT2D eigenvalue weighted by Gasteiger charge is -2.44. The lowest BCUT2D eigenvalue weighted by molar-refractivity contribution is -0.156. The first kappa shape index (κ1) is 13.6. The number of carbonyl (C=O) groups excluding carboxylic acids is 1. The highest BCUT2D eigenvalue weighted by Gasteiger charge is 2.51. The fraction of sp³-hybridized carbons (Fsp3) is 0.538. The molecule has 1 heterocycles. The van der Waals surface area contributed by atoms with Gasteiger partial charge >= 0.3 is 5.97 Å². The highest BCUT2D eigenvalue weighted by Crippen LogP contribution is 2.49. The van der Waals surface area contributed by atoms with E-state index >= 15 is 0 Å². The summed E-state index contributed by atoms with van der Waals surface area (Å²) >= 11 is 11.8. The summed E-state index contributed by atoms with van der Waals surface area (Å²) in [5.74, 6) is 0.307. The number of hydrogen-bond acceptors (Lipinski definition) is 3. The van der Waals surface area contributed by atoms with Crippen LogP contribution in [0.5, 0.6) is 0 Å². The summed E-state index contributed by atoms with van der Waals surface area (Å²) in [6, 6.07) is 3.41. The number of hydrogen-bond donors (Lipinski definition) is 0. The molecule has 0 atom stereocenters. The minimum Gasteiger partial charge on any atom is -0.465 e. The van der Waals surface area contributed by atoms with Gasteiger partial charge in [0.15, 0.2) is 0 Å². The number of ether oxygens (including phenoxy) is 1. The summed E-state index contributed by atoms with van der Waals surface area (Å²) in [6.07, 6.45) is 1.53. The number of esters is 1. The van der Waals surface area contributed by atoms with Crippen molar-refractivity contribution in [3.05, 3.63) is 28.0 Å². The second-order valence-corrected chi connectivity index (χ2v) is 5.59. The molecule has 2 rings (SSSR count). The van der Waals surface area contributed by atoms with E-state index in [-0.39, 0.29) is 5.97 Å². The summed E-state index contributed by atoms with van der Waals surface area (Å²) < 4.78 is 5.19. The van der Waals surface area contributed by atoms with Gasteiger partial charge in [-0.2, -0.15) is 0 Å². The quantitative estimate of drug-likeness (QED) is 0.630. The van der Waals surface area contributed by atoms with E-state index in [1.165, 1.54) is 0 Å². The number of halogens is 2. The predicted octanol–water partition coefficient (Wildman–Crippen LogP) is 3.62. The Balaban J connectivity index is 2.38. The standard InChI is InChI=1S/C13H15Cl2NO2/c1-3-18-12(17)13(6-8(2)7-13)9-4-10(14)16-11(15)5-9/h4-5,8H,3,6-7H2,1-2H3. The van der Waals surface area contributed by atoms with E-state index in [0.29, 0.717) is 22.8 Å². The van der Waals surface area contributed by atoms with E-state index in [1.54, 1.807) is 19.1 Å². The fourth-order valence-corrected chi connectivity index (χ4v) is 3.12. The molecule has 1 aromatic heterocycles. The molecule has 0 spiro atoms. The lowest BCUT2D eigenvalue weighted by atomic mass is 9.59. The Kier molecular flexibility index (Phi) is 3.83. The van der Waals surface area contributed by atoms with Crippen molar-refractivity contribution in [1.29, 1.82) is 0 Å². The molecule has 0 N–H and O–H groups in total. The molecule has 5 heteroatoms. The molecule has 1 aliphatic rings. The van der Waals surface area contributed by atoms with Crippen LogP contribution in [0.4, 0.5) is 0 Å². The van der Waals surface area contributed by atoms with Gasteiger partial charge in [0.1, 0.15) is 10.3 Å². The number of carbonyl (C=O) groups is 1. The Labute approximate surface area is 116 Å². The molecule has 0 amide bonds. The van der Waals surface area contributed by atoms with Crippen LogP contribution in [0.2, 0.25) is 10.3 Å². The van der Waals surface area contributed by atoms with E-state index < -0.39 is 5.41 Å². The number of nitrogens with zero attached hydrogens (tertiary/aromatic N) is 1. The minimum absolute atomic E-state index is 0.193. The van der Waals surface area contributed by atoms with Crippen LogP contribution in [-0.2, 0) is 14.9 Å². The van der Waals surface area contributed by atoms with E-state index in [0.717, 1.165) is 18.4 Å². The van der Waals surface area contributed by atoms with Crippen LogP contribution < -0.4 is 0 Å². The Bertz CT molecular complexity index is 450. The van der Waals surface area contributed by atoms with Crippen LogP contribution in [-0.4, -0.2) is 17.6 Å². The van der Waals surface area contributed by atoms with Crippen molar-refractivity contribution in [3.63, 3.8) is 0 Å². The van der Waals surface area contributed by atoms with E-state index in [2.05, 4.69) is 11.9 Å². The van der Waals surface area contributed by atoms with Crippen LogP contribution in [0, 0.1) is 5.92 Å². The molecular formula is C13H15Cl2NO2. The molecule has 0 aliphatic heterocycles. The van der Waals surface area contributed by atoms with Crippen molar-refractivity contribution in [2.45, 2.75) is 32.1 Å². The summed E-state index contributed by atoms with van der Waals surface area (Å²) in [4.78, 5) is 16.1. The number of pyridine rings is 1. The first-order valence-electron chi connectivity index (χ1n) is 5.98. The monoisotopic (exact) mass is 287 g/mol. The third-order valence-electron chi connectivity index (χ3n) is 3.38. The molecule has 98 valence electrons. The van der Waals surface area contributed by atoms with Crippen LogP contribution in [0.15, 0.2) is 12.1 Å². The molecule has 1 saturated carbocycles. The van der Waals surface area contributed by atoms with Crippen molar-refractivity contribution >= 4 is 29.2 Å². The summed E-state index contributed by atoms with van der Waals surface area (Å²) in [6.45, 7) is 4.30. The fourth-order valence-electron chi connectivity index (χ4n) is 2.66. The maximum Gasteiger partial charge on any atom is 0.316 e. The minimum atomic E-state index is -0.592. The first-order valence-corrected chi connectivity index (χ1v) is 6.74. The summed E-state index contributed by atoms with van der Waals surface area (Å²) in [7, 11) is 0. The summed E-state index contributed by atoms with van der Waals surface area (Å²) in [5.41, 5.74) is 0.218. The molecule has 0 aromatic carbocycles. The largest absolute Gasteiger partial charge is 0.465 e. The van der Waals surface area contributed by atoms with Crippen molar-refractivity contribution < 1.29 is 9.53 Å². The van der Waals surface area contributed by atoms with Gasteiger partial charge in [0.25, 0.3) is 0 Å². The molecule has 3 nitrogen and oxygen atoms in total. The number of rotatable bonds is 3. The second kappa shape index (κ2) is 5.06. The van der Waals surface area contributed by atoms with Crippen molar-refractivity contribution in [2.24, 2.45) is 5.92 Å². The average molecular weight is 288 g/mol. The van der Waals surface area contributed by atoms with Gasteiger partial charge < -0.3 is 4.74 Å². The summed E-state index contributed by atoms with van der Waals surface area (Å²) in [5, 5.41) is 0.612. The van der Waals surface area contributed by atoms with Crippen molar-refractivity contribution in [1.82, 2.24) is 4.98 Å². The van der Waals surface area contributed by atoms with Gasteiger partial charge in [0, 0.05) is 0 Å². The molecule has 0 radical (unpaired) electrons. The highest BCUT2D eigenvalue weighted by atomic mass is 35.5. The van der Waals surface area contributed by atoms with Crippen molar-refractivity contribution in [2.75, 3.05) is 6.61 Å². The second-order valence-electron chi connectivity index (χ2n) is 4.82. The molecule has 0 saturated heterocycles. The topological polar surface area (TPSA) is 39.2 Å². The average Bonchev–Trinajstić information content (AvgIpc) is 2.23. The smallest absolute Gasteiger partial charge is 0.316 e. The van der Waals surface area contributed by atoms with Gasteiger partial charge in [-0.3, -0.25) is 4.79 Å². The molecule has 18 heavy (non-hydrogen) atoms. The van der Waals surface area contributed by atoms with Gasteiger partial charge in [0.2, 0.25) is 0 Å². The molecular weight excluding hydrogens is 273 g/mol. The van der Waals surface area contributed by atoms with Gasteiger partial charge in [0.05, 0.1) is 12.0 Å². The van der Waals surface area contributed by atoms with E-state index in [9.17, 15) is 4.79 Å². The Hall–Kier alpha value is -0.800. The SMILES string of the molecule is CCOC(=O)C1(c2cc(Cl)nc(Cl)c2)CC(C)C1. The van der Waals surface area contributed by atoms with Gasteiger partial charge in [-0.05, 0) is 43.4 Å². The maximum absolute atomic E-state index is 12.2. The zero-order chi connectivity index (χ0) is 13.3. The Morgan fingerprint density at radius 3 is 2.44 bits per heavy atom. The normalized spacial score (nSPS) is 26.6. The van der Waals surface area contributed by atoms with Gasteiger partial charge in [-0.1, -0.05) is 30.1 Å². The third-order valence-corrected chi connectivity index (χ3v) is 3.76. The Morgan fingerprint density at radius 1 is 1.44 bits per heavy atom. The van der Waals surface area contributed by atoms with Crippen LogP contribution in [0.1, 0.15) is 32.3 Å². The molecule has 0 bridgehead atoms. The van der Waals surface area contributed by atoms with E-state index in [4.69, 9.17) is 27.9 Å².